The van der Waals surface area contributed by atoms with Crippen LogP contribution in [0.4, 0.5) is 11.6 Å². The number of carbonyl (C=O) groups is 1. The van der Waals surface area contributed by atoms with Crippen LogP contribution in [0.2, 0.25) is 0 Å². The summed E-state index contributed by atoms with van der Waals surface area (Å²) in [7, 11) is 0. The van der Waals surface area contributed by atoms with Crippen LogP contribution < -0.4 is 10.1 Å². The van der Waals surface area contributed by atoms with Crippen molar-refractivity contribution in [3.05, 3.63) is 94.7 Å². The number of aromatic nitrogens is 3. The second-order valence-corrected chi connectivity index (χ2v) is 6.90. The van der Waals surface area contributed by atoms with Gasteiger partial charge in [0.25, 0.3) is 5.91 Å². The van der Waals surface area contributed by atoms with E-state index in [1.807, 2.05) is 60.7 Å². The van der Waals surface area contributed by atoms with Gasteiger partial charge in [-0.05, 0) is 34.2 Å². The van der Waals surface area contributed by atoms with Crippen LogP contribution in [0.5, 0.6) is 5.75 Å². The Morgan fingerprint density at radius 1 is 1.06 bits per heavy atom. The zero-order valence-electron chi connectivity index (χ0n) is 17.1. The Morgan fingerprint density at radius 3 is 2.44 bits per heavy atom. The van der Waals surface area contributed by atoms with E-state index in [1.165, 1.54) is 6.07 Å². The molecule has 9 heteroatoms. The van der Waals surface area contributed by atoms with Crippen molar-refractivity contribution in [2.45, 2.75) is 6.92 Å². The first kappa shape index (κ1) is 20.7. The Morgan fingerprint density at radius 2 is 1.75 bits per heavy atom. The summed E-state index contributed by atoms with van der Waals surface area (Å²) in [6, 6.07) is 23.7. The Labute approximate surface area is 183 Å². The highest BCUT2D eigenvalue weighted by molar-refractivity contribution is 5.92. The second kappa shape index (κ2) is 9.09. The molecule has 2 heterocycles. The fourth-order valence-corrected chi connectivity index (χ4v) is 3.08. The molecular formula is C23H19N5O4. The van der Waals surface area contributed by atoms with Crippen molar-refractivity contribution in [1.82, 2.24) is 14.8 Å². The number of amides is 1. The SMILES string of the molecule is Cc1ccc(OCC(=O)Nc2cc(-c3ccccc3)nn2-c2ccccc2)c([N+](=O)[O-])n1. The minimum atomic E-state index is -0.642. The lowest BCUT2D eigenvalue weighted by atomic mass is 10.2. The normalized spacial score (nSPS) is 10.5. The van der Waals surface area contributed by atoms with E-state index in [1.54, 1.807) is 23.7 Å². The fraction of sp³-hybridized carbons (Fsp3) is 0.0870. The summed E-state index contributed by atoms with van der Waals surface area (Å²) >= 11 is 0. The summed E-state index contributed by atoms with van der Waals surface area (Å²) in [4.78, 5) is 27.0. The van der Waals surface area contributed by atoms with Crippen LogP contribution in [0.25, 0.3) is 16.9 Å². The van der Waals surface area contributed by atoms with Gasteiger partial charge in [0.1, 0.15) is 11.5 Å². The van der Waals surface area contributed by atoms with Crippen molar-refractivity contribution >= 4 is 17.5 Å². The summed E-state index contributed by atoms with van der Waals surface area (Å²) < 4.78 is 7.00. The van der Waals surface area contributed by atoms with Crippen LogP contribution in [0.1, 0.15) is 5.69 Å². The van der Waals surface area contributed by atoms with Gasteiger partial charge in [-0.1, -0.05) is 48.5 Å². The third-order valence-electron chi connectivity index (χ3n) is 4.56. The molecule has 0 aliphatic rings. The summed E-state index contributed by atoms with van der Waals surface area (Å²) in [5, 5.41) is 18.6. The van der Waals surface area contributed by atoms with Crippen LogP contribution in [-0.2, 0) is 4.79 Å². The molecule has 1 N–H and O–H groups in total. The topological polar surface area (TPSA) is 112 Å². The van der Waals surface area contributed by atoms with E-state index in [2.05, 4.69) is 15.4 Å². The lowest BCUT2D eigenvalue weighted by Crippen LogP contribution is -2.22. The molecule has 0 saturated carbocycles. The molecule has 0 atom stereocenters. The smallest absolute Gasteiger partial charge is 0.406 e. The van der Waals surface area contributed by atoms with Gasteiger partial charge in [-0.25, -0.2) is 4.68 Å². The number of nitrogens with one attached hydrogen (secondary N) is 1. The number of nitrogens with zero attached hydrogens (tertiary/aromatic N) is 4. The predicted molar refractivity (Wildman–Crippen MR) is 119 cm³/mol. The number of carbonyl (C=O) groups excluding carboxylic acids is 1. The minimum absolute atomic E-state index is 0.0720. The monoisotopic (exact) mass is 429 g/mol. The van der Waals surface area contributed by atoms with Gasteiger partial charge in [0.15, 0.2) is 6.61 Å². The second-order valence-electron chi connectivity index (χ2n) is 6.90. The Balaban J connectivity index is 1.56. The van der Waals surface area contributed by atoms with Crippen molar-refractivity contribution in [1.29, 1.82) is 0 Å². The third kappa shape index (κ3) is 4.62. The Hall–Kier alpha value is -4.53. The summed E-state index contributed by atoms with van der Waals surface area (Å²) in [5.41, 5.74) is 2.83. The zero-order chi connectivity index (χ0) is 22.5. The molecule has 0 fully saturated rings. The molecule has 0 spiro atoms. The molecule has 0 unspecified atom stereocenters. The third-order valence-corrected chi connectivity index (χ3v) is 4.56. The minimum Gasteiger partial charge on any atom is -0.476 e. The molecule has 160 valence electrons. The molecule has 4 aromatic rings. The summed E-state index contributed by atoms with van der Waals surface area (Å²) in [5.74, 6) is -0.549. The number of hydrogen-bond acceptors (Lipinski definition) is 6. The average Bonchev–Trinajstić information content (AvgIpc) is 3.23. The van der Waals surface area contributed by atoms with Crippen molar-refractivity contribution in [2.24, 2.45) is 0 Å². The quantitative estimate of drug-likeness (QED) is 0.349. The Kier molecular flexibility index (Phi) is 5.89. The first-order valence-electron chi connectivity index (χ1n) is 9.77. The number of hydrogen-bond donors (Lipinski definition) is 1. The first-order valence-corrected chi connectivity index (χ1v) is 9.77. The van der Waals surface area contributed by atoms with E-state index in [9.17, 15) is 14.9 Å². The number of anilines is 1. The highest BCUT2D eigenvalue weighted by Crippen LogP contribution is 2.26. The molecule has 0 aliphatic heterocycles. The van der Waals surface area contributed by atoms with Gasteiger partial charge in [0, 0.05) is 18.6 Å². The largest absolute Gasteiger partial charge is 0.476 e. The molecular weight excluding hydrogens is 410 g/mol. The van der Waals surface area contributed by atoms with Crippen LogP contribution >= 0.6 is 0 Å². The maximum atomic E-state index is 12.6. The average molecular weight is 429 g/mol. The van der Waals surface area contributed by atoms with Crippen molar-refractivity contribution < 1.29 is 14.5 Å². The molecule has 2 aromatic heterocycles. The van der Waals surface area contributed by atoms with Crippen molar-refractivity contribution in [3.63, 3.8) is 0 Å². The standard InChI is InChI=1S/C23H19N5O4/c1-16-12-13-20(23(24-16)28(30)31)32-15-22(29)25-21-14-19(17-8-4-2-5-9-17)26-27(21)18-10-6-3-7-11-18/h2-14H,15H2,1H3,(H,25,29). The van der Waals surface area contributed by atoms with Crippen molar-refractivity contribution in [3.8, 4) is 22.7 Å². The number of pyridine rings is 1. The number of aryl methyl sites for hydroxylation is 1. The van der Waals surface area contributed by atoms with Crippen LogP contribution in [-0.4, -0.2) is 32.2 Å². The Bertz CT molecular complexity index is 1260. The molecule has 0 aliphatic carbocycles. The van der Waals surface area contributed by atoms with Crippen LogP contribution in [0.15, 0.2) is 78.9 Å². The van der Waals surface area contributed by atoms with Gasteiger partial charge < -0.3 is 20.2 Å². The predicted octanol–water partition coefficient (Wildman–Crippen LogP) is 4.17. The number of para-hydroxylation sites is 1. The van der Waals surface area contributed by atoms with E-state index >= 15 is 0 Å². The van der Waals surface area contributed by atoms with E-state index in [-0.39, 0.29) is 5.75 Å². The van der Waals surface area contributed by atoms with Gasteiger partial charge in [-0.2, -0.15) is 5.10 Å². The van der Waals surface area contributed by atoms with Gasteiger partial charge in [-0.3, -0.25) is 4.79 Å². The maximum Gasteiger partial charge on any atom is 0.406 e. The highest BCUT2D eigenvalue weighted by atomic mass is 16.6. The molecule has 4 rings (SSSR count). The van der Waals surface area contributed by atoms with E-state index in [0.29, 0.717) is 17.2 Å². The van der Waals surface area contributed by atoms with Gasteiger partial charge in [0.05, 0.1) is 11.4 Å². The highest BCUT2D eigenvalue weighted by Gasteiger charge is 2.19. The molecule has 1 amide bonds. The van der Waals surface area contributed by atoms with Gasteiger partial charge >= 0.3 is 5.82 Å². The van der Waals surface area contributed by atoms with Gasteiger partial charge in [-0.15, -0.1) is 0 Å². The molecule has 0 radical (unpaired) electrons. The fourth-order valence-electron chi connectivity index (χ4n) is 3.08. The van der Waals surface area contributed by atoms with E-state index in [4.69, 9.17) is 4.74 Å². The molecule has 9 nitrogen and oxygen atoms in total. The molecule has 0 bridgehead atoms. The van der Waals surface area contributed by atoms with E-state index < -0.39 is 23.3 Å². The number of rotatable bonds is 7. The summed E-state index contributed by atoms with van der Waals surface area (Å²) in [6.07, 6.45) is 0. The molecule has 0 saturated heterocycles. The summed E-state index contributed by atoms with van der Waals surface area (Å²) in [6.45, 7) is 1.21. The van der Waals surface area contributed by atoms with Gasteiger partial charge in [0.2, 0.25) is 5.75 Å². The molecule has 32 heavy (non-hydrogen) atoms. The first-order chi connectivity index (χ1) is 15.5. The van der Waals surface area contributed by atoms with Crippen molar-refractivity contribution in [2.75, 3.05) is 11.9 Å². The lowest BCUT2D eigenvalue weighted by Gasteiger charge is -2.10. The zero-order valence-corrected chi connectivity index (χ0v) is 17.1. The number of nitro groups is 1. The number of benzene rings is 2. The maximum absolute atomic E-state index is 12.6. The van der Waals surface area contributed by atoms with Crippen LogP contribution in [0.3, 0.4) is 0 Å². The molecule has 2 aromatic carbocycles. The van der Waals surface area contributed by atoms with E-state index in [0.717, 1.165) is 11.3 Å². The van der Waals surface area contributed by atoms with Crippen LogP contribution in [0, 0.1) is 17.0 Å². The lowest BCUT2D eigenvalue weighted by molar-refractivity contribution is -0.390. The number of ether oxygens (including phenoxy) is 1.